The Morgan fingerprint density at radius 3 is 2.07 bits per heavy atom. The highest BCUT2D eigenvalue weighted by Crippen LogP contribution is 2.22. The molecule has 2 rings (SSSR count). The van der Waals surface area contributed by atoms with Crippen LogP contribution in [0.3, 0.4) is 0 Å². The summed E-state index contributed by atoms with van der Waals surface area (Å²) in [5.41, 5.74) is 4.09. The van der Waals surface area contributed by atoms with Crippen LogP contribution in [-0.2, 0) is 0 Å². The van der Waals surface area contributed by atoms with Crippen molar-refractivity contribution >= 4 is 10.8 Å². The van der Waals surface area contributed by atoms with Gasteiger partial charge in [-0.3, -0.25) is 0 Å². The van der Waals surface area contributed by atoms with Crippen LogP contribution in [-0.4, -0.2) is 0 Å². The summed E-state index contributed by atoms with van der Waals surface area (Å²) >= 11 is 0. The van der Waals surface area contributed by atoms with E-state index in [4.69, 9.17) is 0 Å². The molecular formula is C15H20. The average Bonchev–Trinajstić information content (AvgIpc) is 2.23. The van der Waals surface area contributed by atoms with E-state index in [0.717, 1.165) is 0 Å². The second-order valence-corrected chi connectivity index (χ2v) is 3.75. The number of benzene rings is 2. The minimum absolute atomic E-state index is 1.35. The number of aryl methyl sites for hydroxylation is 3. The molecule has 0 saturated carbocycles. The van der Waals surface area contributed by atoms with Gasteiger partial charge in [-0.25, -0.2) is 0 Å². The highest BCUT2D eigenvalue weighted by atomic mass is 14.0. The normalized spacial score (nSPS) is 9.67. The van der Waals surface area contributed by atoms with E-state index >= 15 is 0 Å². The van der Waals surface area contributed by atoms with E-state index in [2.05, 4.69) is 51.1 Å². The van der Waals surface area contributed by atoms with Gasteiger partial charge in [0, 0.05) is 0 Å². The molecule has 2 aromatic rings. The molecule has 0 bridgehead atoms. The lowest BCUT2D eigenvalue weighted by Crippen LogP contribution is -1.83. The van der Waals surface area contributed by atoms with Gasteiger partial charge in [0.1, 0.15) is 0 Å². The predicted octanol–water partition coefficient (Wildman–Crippen LogP) is 4.79. The summed E-state index contributed by atoms with van der Waals surface area (Å²) in [5.74, 6) is 0. The van der Waals surface area contributed by atoms with Gasteiger partial charge in [-0.2, -0.15) is 0 Å². The van der Waals surface area contributed by atoms with Gasteiger partial charge in [0.15, 0.2) is 0 Å². The molecule has 0 heterocycles. The quantitative estimate of drug-likeness (QED) is 0.573. The van der Waals surface area contributed by atoms with E-state index in [1.807, 2.05) is 13.8 Å². The lowest BCUT2D eigenvalue weighted by Gasteiger charge is -2.06. The highest BCUT2D eigenvalue weighted by molar-refractivity contribution is 5.88. The van der Waals surface area contributed by atoms with Crippen LogP contribution in [0, 0.1) is 20.8 Å². The molecule has 0 amide bonds. The standard InChI is InChI=1S/C13H14.C2H6/c1-9-7-11(3)12-6-4-5-10(2)13(12)8-9;1-2/h4-8H,1-3H3;1-2H3. The predicted molar refractivity (Wildman–Crippen MR) is 69.5 cm³/mol. The molecule has 0 spiro atoms. The first-order chi connectivity index (χ1) is 7.18. The number of fused-ring (bicyclic) bond motifs is 1. The zero-order chi connectivity index (χ0) is 11.4. The van der Waals surface area contributed by atoms with Crippen LogP contribution in [0.2, 0.25) is 0 Å². The first-order valence-electron chi connectivity index (χ1n) is 5.65. The molecule has 0 N–H and O–H groups in total. The first kappa shape index (κ1) is 11.8. The summed E-state index contributed by atoms with van der Waals surface area (Å²) in [6.07, 6.45) is 0. The van der Waals surface area contributed by atoms with Crippen molar-refractivity contribution in [3.05, 3.63) is 47.0 Å². The molecule has 0 heteroatoms. The molecule has 0 aliphatic carbocycles. The van der Waals surface area contributed by atoms with Gasteiger partial charge in [-0.05, 0) is 42.7 Å². The van der Waals surface area contributed by atoms with E-state index in [0.29, 0.717) is 0 Å². The van der Waals surface area contributed by atoms with Crippen LogP contribution in [0.15, 0.2) is 30.3 Å². The van der Waals surface area contributed by atoms with Gasteiger partial charge < -0.3 is 0 Å². The van der Waals surface area contributed by atoms with Crippen molar-refractivity contribution in [1.29, 1.82) is 0 Å². The smallest absolute Gasteiger partial charge is 0.0149 e. The second-order valence-electron chi connectivity index (χ2n) is 3.75. The molecule has 0 atom stereocenters. The van der Waals surface area contributed by atoms with Crippen LogP contribution in [0.25, 0.3) is 10.8 Å². The zero-order valence-corrected chi connectivity index (χ0v) is 10.4. The van der Waals surface area contributed by atoms with Crippen LogP contribution in [0.5, 0.6) is 0 Å². The SMILES string of the molecule is CC.Cc1cc(C)c2cccc(C)c2c1. The van der Waals surface area contributed by atoms with Crippen molar-refractivity contribution in [3.63, 3.8) is 0 Å². The fourth-order valence-corrected chi connectivity index (χ4v) is 1.90. The van der Waals surface area contributed by atoms with E-state index < -0.39 is 0 Å². The van der Waals surface area contributed by atoms with Crippen LogP contribution in [0.1, 0.15) is 30.5 Å². The summed E-state index contributed by atoms with van der Waals surface area (Å²) in [4.78, 5) is 0. The minimum Gasteiger partial charge on any atom is -0.0683 e. The first-order valence-corrected chi connectivity index (χ1v) is 5.65. The lowest BCUT2D eigenvalue weighted by atomic mass is 9.99. The molecule has 0 unspecified atom stereocenters. The molecule has 0 fully saturated rings. The van der Waals surface area contributed by atoms with Gasteiger partial charge in [0.2, 0.25) is 0 Å². The molecule has 15 heavy (non-hydrogen) atoms. The van der Waals surface area contributed by atoms with E-state index in [-0.39, 0.29) is 0 Å². The monoisotopic (exact) mass is 200 g/mol. The maximum Gasteiger partial charge on any atom is -0.0149 e. The Morgan fingerprint density at radius 2 is 1.40 bits per heavy atom. The summed E-state index contributed by atoms with van der Waals surface area (Å²) in [7, 11) is 0. The van der Waals surface area contributed by atoms with Crippen molar-refractivity contribution in [3.8, 4) is 0 Å². The fraction of sp³-hybridized carbons (Fsp3) is 0.333. The Bertz CT molecular complexity index is 453. The number of hydrogen-bond acceptors (Lipinski definition) is 0. The fourth-order valence-electron chi connectivity index (χ4n) is 1.90. The number of rotatable bonds is 0. The van der Waals surface area contributed by atoms with Gasteiger partial charge in [0.05, 0.1) is 0 Å². The van der Waals surface area contributed by atoms with Crippen molar-refractivity contribution in [2.24, 2.45) is 0 Å². The Hall–Kier alpha value is -1.30. The molecule has 2 aromatic carbocycles. The molecule has 0 saturated heterocycles. The van der Waals surface area contributed by atoms with Crippen LogP contribution >= 0.6 is 0 Å². The van der Waals surface area contributed by atoms with E-state index in [1.54, 1.807) is 0 Å². The van der Waals surface area contributed by atoms with E-state index in [9.17, 15) is 0 Å². The van der Waals surface area contributed by atoms with Crippen molar-refractivity contribution in [2.45, 2.75) is 34.6 Å². The largest absolute Gasteiger partial charge is 0.0683 e. The van der Waals surface area contributed by atoms with Crippen molar-refractivity contribution in [2.75, 3.05) is 0 Å². The summed E-state index contributed by atoms with van der Waals surface area (Å²) in [5, 5.41) is 2.77. The Kier molecular flexibility index (Phi) is 3.90. The average molecular weight is 200 g/mol. The Labute approximate surface area is 92.9 Å². The maximum absolute atomic E-state index is 2.26. The highest BCUT2D eigenvalue weighted by Gasteiger charge is 1.99. The van der Waals surface area contributed by atoms with Gasteiger partial charge in [-0.1, -0.05) is 49.7 Å². The lowest BCUT2D eigenvalue weighted by molar-refractivity contribution is 1.41. The summed E-state index contributed by atoms with van der Waals surface area (Å²) < 4.78 is 0. The molecule has 0 aliphatic heterocycles. The zero-order valence-electron chi connectivity index (χ0n) is 10.4. The van der Waals surface area contributed by atoms with Gasteiger partial charge in [-0.15, -0.1) is 0 Å². The third-order valence-corrected chi connectivity index (χ3v) is 2.57. The third kappa shape index (κ3) is 2.38. The molecular weight excluding hydrogens is 180 g/mol. The molecule has 0 aromatic heterocycles. The molecule has 0 nitrogen and oxygen atoms in total. The van der Waals surface area contributed by atoms with Crippen molar-refractivity contribution < 1.29 is 0 Å². The molecule has 80 valence electrons. The molecule has 0 radical (unpaired) electrons. The minimum atomic E-state index is 1.35. The van der Waals surface area contributed by atoms with Gasteiger partial charge in [0.25, 0.3) is 0 Å². The Balaban J connectivity index is 0.000000531. The van der Waals surface area contributed by atoms with Crippen LogP contribution in [0.4, 0.5) is 0 Å². The third-order valence-electron chi connectivity index (χ3n) is 2.57. The van der Waals surface area contributed by atoms with Gasteiger partial charge >= 0.3 is 0 Å². The van der Waals surface area contributed by atoms with Crippen molar-refractivity contribution in [1.82, 2.24) is 0 Å². The maximum atomic E-state index is 2.26. The molecule has 0 aliphatic rings. The summed E-state index contributed by atoms with van der Waals surface area (Å²) in [6, 6.07) is 11.0. The second kappa shape index (κ2) is 4.97. The topological polar surface area (TPSA) is 0 Å². The Morgan fingerprint density at radius 1 is 0.733 bits per heavy atom. The summed E-state index contributed by atoms with van der Waals surface area (Å²) in [6.45, 7) is 10.5. The van der Waals surface area contributed by atoms with Crippen LogP contribution < -0.4 is 0 Å². The number of hydrogen-bond donors (Lipinski definition) is 0. The van der Waals surface area contributed by atoms with E-state index in [1.165, 1.54) is 27.5 Å².